The van der Waals surface area contributed by atoms with Crippen molar-refractivity contribution in [3.05, 3.63) is 29.6 Å². The summed E-state index contributed by atoms with van der Waals surface area (Å²) in [5, 5.41) is 11.1. The fourth-order valence-electron chi connectivity index (χ4n) is 2.34. The molecule has 0 aliphatic heterocycles. The first-order valence-electron chi connectivity index (χ1n) is 5.60. The van der Waals surface area contributed by atoms with Crippen LogP contribution in [0.3, 0.4) is 0 Å². The lowest BCUT2D eigenvalue weighted by Gasteiger charge is -2.28. The maximum atomic E-state index is 10.5. The average molecular weight is 220 g/mol. The molecule has 2 N–H and O–H groups in total. The van der Waals surface area contributed by atoms with E-state index in [2.05, 4.69) is 23.3 Å². The first kappa shape index (κ1) is 10.9. The largest absolute Gasteiger partial charge is 0.465 e. The molecule has 4 nitrogen and oxygen atoms in total. The van der Waals surface area contributed by atoms with Crippen molar-refractivity contribution in [3.63, 3.8) is 0 Å². The molecule has 1 heterocycles. The molecule has 2 atom stereocenters. The maximum absolute atomic E-state index is 10.5. The highest BCUT2D eigenvalue weighted by atomic mass is 16.4. The normalized spacial score (nSPS) is 23.6. The summed E-state index contributed by atoms with van der Waals surface area (Å²) in [5.74, 6) is 0.758. The molecule has 0 unspecified atom stereocenters. The molecule has 4 heteroatoms. The summed E-state index contributed by atoms with van der Waals surface area (Å²) in [7, 11) is 0. The van der Waals surface area contributed by atoms with Crippen LogP contribution < -0.4 is 5.32 Å². The fourth-order valence-corrected chi connectivity index (χ4v) is 2.34. The lowest BCUT2D eigenvalue weighted by Crippen LogP contribution is -2.29. The Kier molecular flexibility index (Phi) is 3.08. The maximum Gasteiger partial charge on any atom is 0.404 e. The van der Waals surface area contributed by atoms with Gasteiger partial charge in [-0.05, 0) is 30.4 Å². The number of fused-ring (bicyclic) bond motifs is 1. The van der Waals surface area contributed by atoms with E-state index >= 15 is 0 Å². The van der Waals surface area contributed by atoms with Crippen molar-refractivity contribution in [2.75, 3.05) is 6.54 Å². The molecule has 2 rings (SSSR count). The summed E-state index contributed by atoms with van der Waals surface area (Å²) in [6.45, 7) is 2.66. The standard InChI is InChI=1S/C12H16N2O2/c1-8-4-5-9(7-14-12(15)16)11-10(8)3-2-6-13-11/h2-3,6,8-9,14H,4-5,7H2,1H3,(H,15,16)/t8-,9-/m1/s1. The molecular weight excluding hydrogens is 204 g/mol. The van der Waals surface area contributed by atoms with Gasteiger partial charge in [-0.3, -0.25) is 4.98 Å². The van der Waals surface area contributed by atoms with Crippen LogP contribution >= 0.6 is 0 Å². The number of nitrogens with one attached hydrogen (secondary N) is 1. The minimum absolute atomic E-state index is 0.225. The Hall–Kier alpha value is -1.58. The summed E-state index contributed by atoms with van der Waals surface area (Å²) in [4.78, 5) is 14.9. The predicted molar refractivity (Wildman–Crippen MR) is 60.7 cm³/mol. The van der Waals surface area contributed by atoms with Crippen LogP contribution in [-0.2, 0) is 0 Å². The summed E-state index contributed by atoms with van der Waals surface area (Å²) in [5.41, 5.74) is 2.33. The second kappa shape index (κ2) is 4.51. The molecule has 86 valence electrons. The van der Waals surface area contributed by atoms with Crippen LogP contribution in [0.25, 0.3) is 0 Å². The van der Waals surface area contributed by atoms with Crippen LogP contribution in [0.15, 0.2) is 18.3 Å². The van der Waals surface area contributed by atoms with Gasteiger partial charge in [0.15, 0.2) is 0 Å². The number of pyridine rings is 1. The van der Waals surface area contributed by atoms with Crippen molar-refractivity contribution in [1.29, 1.82) is 0 Å². The Balaban J connectivity index is 2.18. The molecule has 1 aromatic heterocycles. The third kappa shape index (κ3) is 2.15. The van der Waals surface area contributed by atoms with Crippen molar-refractivity contribution < 1.29 is 9.90 Å². The van der Waals surface area contributed by atoms with E-state index in [0.717, 1.165) is 18.5 Å². The van der Waals surface area contributed by atoms with E-state index in [4.69, 9.17) is 5.11 Å². The van der Waals surface area contributed by atoms with E-state index in [0.29, 0.717) is 12.5 Å². The summed E-state index contributed by atoms with van der Waals surface area (Å²) >= 11 is 0. The lowest BCUT2D eigenvalue weighted by molar-refractivity contribution is 0.193. The second-order valence-electron chi connectivity index (χ2n) is 4.34. The Bertz CT molecular complexity index is 392. The number of aromatic nitrogens is 1. The molecule has 0 saturated carbocycles. The van der Waals surface area contributed by atoms with Gasteiger partial charge in [-0.15, -0.1) is 0 Å². The van der Waals surface area contributed by atoms with Crippen molar-refractivity contribution in [3.8, 4) is 0 Å². The van der Waals surface area contributed by atoms with E-state index < -0.39 is 6.09 Å². The summed E-state index contributed by atoms with van der Waals surface area (Å²) in [6.07, 6.45) is 2.93. The SMILES string of the molecule is C[C@@H]1CC[C@H](CNC(=O)O)c2ncccc21. The molecule has 0 aromatic carbocycles. The lowest BCUT2D eigenvalue weighted by atomic mass is 9.80. The molecular formula is C12H16N2O2. The molecule has 1 amide bonds. The van der Waals surface area contributed by atoms with Crippen molar-refractivity contribution in [2.24, 2.45) is 0 Å². The van der Waals surface area contributed by atoms with E-state index in [1.165, 1.54) is 5.56 Å². The third-order valence-corrected chi connectivity index (χ3v) is 3.24. The van der Waals surface area contributed by atoms with Gasteiger partial charge in [-0.25, -0.2) is 4.79 Å². The van der Waals surface area contributed by atoms with E-state index in [9.17, 15) is 4.79 Å². The second-order valence-corrected chi connectivity index (χ2v) is 4.34. The van der Waals surface area contributed by atoms with Crippen molar-refractivity contribution in [2.45, 2.75) is 31.6 Å². The van der Waals surface area contributed by atoms with Crippen LogP contribution in [0.2, 0.25) is 0 Å². The van der Waals surface area contributed by atoms with Gasteiger partial charge in [-0.2, -0.15) is 0 Å². The minimum Gasteiger partial charge on any atom is -0.465 e. The van der Waals surface area contributed by atoms with Crippen LogP contribution in [0.4, 0.5) is 4.79 Å². The van der Waals surface area contributed by atoms with Gasteiger partial charge in [0.05, 0.1) is 0 Å². The van der Waals surface area contributed by atoms with Gasteiger partial charge in [0.25, 0.3) is 0 Å². The molecule has 0 spiro atoms. The summed E-state index contributed by atoms with van der Waals surface area (Å²) in [6, 6.07) is 4.04. The first-order chi connectivity index (χ1) is 7.68. The molecule has 1 aliphatic carbocycles. The number of hydrogen-bond acceptors (Lipinski definition) is 2. The summed E-state index contributed by atoms with van der Waals surface area (Å²) < 4.78 is 0. The number of carboxylic acid groups (broad SMARTS) is 1. The van der Waals surface area contributed by atoms with Crippen molar-refractivity contribution in [1.82, 2.24) is 10.3 Å². The monoisotopic (exact) mass is 220 g/mol. The van der Waals surface area contributed by atoms with Gasteiger partial charge < -0.3 is 10.4 Å². The zero-order chi connectivity index (χ0) is 11.5. The highest BCUT2D eigenvalue weighted by Gasteiger charge is 2.25. The molecule has 1 aliphatic rings. The van der Waals surface area contributed by atoms with Gasteiger partial charge in [0.1, 0.15) is 0 Å². The number of nitrogens with zero attached hydrogens (tertiary/aromatic N) is 1. The Morgan fingerprint density at radius 2 is 2.44 bits per heavy atom. The zero-order valence-corrected chi connectivity index (χ0v) is 9.31. The van der Waals surface area contributed by atoms with E-state index in [1.807, 2.05) is 6.07 Å². The van der Waals surface area contributed by atoms with Gasteiger partial charge in [0, 0.05) is 24.4 Å². The van der Waals surface area contributed by atoms with Gasteiger partial charge >= 0.3 is 6.09 Å². The van der Waals surface area contributed by atoms with Gasteiger partial charge in [-0.1, -0.05) is 13.0 Å². The third-order valence-electron chi connectivity index (χ3n) is 3.24. The quantitative estimate of drug-likeness (QED) is 0.804. The Morgan fingerprint density at radius 3 is 3.19 bits per heavy atom. The molecule has 1 aromatic rings. The van der Waals surface area contributed by atoms with Crippen LogP contribution in [-0.4, -0.2) is 22.7 Å². The van der Waals surface area contributed by atoms with E-state index in [-0.39, 0.29) is 5.92 Å². The Morgan fingerprint density at radius 1 is 1.62 bits per heavy atom. The molecule has 16 heavy (non-hydrogen) atoms. The number of rotatable bonds is 2. The van der Waals surface area contributed by atoms with E-state index in [1.54, 1.807) is 6.20 Å². The van der Waals surface area contributed by atoms with Crippen molar-refractivity contribution >= 4 is 6.09 Å². The first-order valence-corrected chi connectivity index (χ1v) is 5.60. The highest BCUT2D eigenvalue weighted by Crippen LogP contribution is 2.36. The average Bonchev–Trinajstić information content (AvgIpc) is 2.28. The van der Waals surface area contributed by atoms with Gasteiger partial charge in [0.2, 0.25) is 0 Å². The highest BCUT2D eigenvalue weighted by molar-refractivity contribution is 5.64. The number of carbonyl (C=O) groups is 1. The number of amides is 1. The molecule has 0 bridgehead atoms. The van der Waals surface area contributed by atoms with Crippen LogP contribution in [0.1, 0.15) is 42.9 Å². The zero-order valence-electron chi connectivity index (χ0n) is 9.31. The molecule has 0 fully saturated rings. The fraction of sp³-hybridized carbons (Fsp3) is 0.500. The smallest absolute Gasteiger partial charge is 0.404 e. The van der Waals surface area contributed by atoms with Crippen LogP contribution in [0.5, 0.6) is 0 Å². The predicted octanol–water partition coefficient (Wildman–Crippen LogP) is 2.33. The molecule has 0 saturated heterocycles. The topological polar surface area (TPSA) is 62.2 Å². The number of hydrogen-bond donors (Lipinski definition) is 2. The van der Waals surface area contributed by atoms with Crippen LogP contribution in [0, 0.1) is 0 Å². The Labute approximate surface area is 94.7 Å². The minimum atomic E-state index is -0.962. The molecule has 0 radical (unpaired) electrons.